The number of nitrogens with one attached hydrogen (secondary N) is 1. The molecule has 19 heavy (non-hydrogen) atoms. The van der Waals surface area contributed by atoms with Crippen molar-refractivity contribution in [1.82, 2.24) is 15.6 Å². The Bertz CT molecular complexity index is 374. The first-order valence-corrected chi connectivity index (χ1v) is 7.12. The second kappa shape index (κ2) is 6.82. The van der Waals surface area contributed by atoms with E-state index in [2.05, 4.69) is 22.5 Å². The molecule has 0 aromatic carbocycles. The number of ether oxygens (including phenoxy) is 1. The minimum Gasteiger partial charge on any atom is -0.480 e. The van der Waals surface area contributed by atoms with Gasteiger partial charge in [-0.25, -0.2) is 0 Å². The Labute approximate surface area is 114 Å². The molecular weight excluding hydrogens is 240 g/mol. The van der Waals surface area contributed by atoms with Crippen LogP contribution in [0, 0.1) is 11.8 Å². The average molecular weight is 264 g/mol. The molecule has 2 rings (SSSR count). The highest BCUT2D eigenvalue weighted by molar-refractivity contribution is 5.14. The van der Waals surface area contributed by atoms with Crippen LogP contribution in [0.25, 0.3) is 0 Å². The Morgan fingerprint density at radius 3 is 2.53 bits per heavy atom. The van der Waals surface area contributed by atoms with Gasteiger partial charge in [-0.2, -0.15) is 5.10 Å². The van der Waals surface area contributed by atoms with Crippen LogP contribution in [0.2, 0.25) is 0 Å². The van der Waals surface area contributed by atoms with Crippen LogP contribution >= 0.6 is 0 Å². The molecule has 1 aliphatic carbocycles. The van der Waals surface area contributed by atoms with Crippen LogP contribution < -0.4 is 16.0 Å². The molecule has 0 bridgehead atoms. The SMILES string of the molecule is CCC1CCC(C(NN)c2ccc(OC)nn2)CC1. The Kier molecular flexibility index (Phi) is 5.10. The Morgan fingerprint density at radius 2 is 2.05 bits per heavy atom. The fourth-order valence-corrected chi connectivity index (χ4v) is 3.00. The summed E-state index contributed by atoms with van der Waals surface area (Å²) in [5.74, 6) is 7.70. The van der Waals surface area contributed by atoms with Gasteiger partial charge >= 0.3 is 0 Å². The fourth-order valence-electron chi connectivity index (χ4n) is 3.00. The molecule has 1 unspecified atom stereocenters. The number of methoxy groups -OCH3 is 1. The van der Waals surface area contributed by atoms with E-state index in [4.69, 9.17) is 10.6 Å². The first-order chi connectivity index (χ1) is 9.28. The normalized spacial score (nSPS) is 25.0. The lowest BCUT2D eigenvalue weighted by atomic mass is 9.77. The van der Waals surface area contributed by atoms with Crippen molar-refractivity contribution < 1.29 is 4.74 Å². The van der Waals surface area contributed by atoms with E-state index in [1.54, 1.807) is 7.11 Å². The van der Waals surface area contributed by atoms with E-state index in [-0.39, 0.29) is 6.04 Å². The Hall–Kier alpha value is -1.20. The van der Waals surface area contributed by atoms with Gasteiger partial charge in [0.25, 0.3) is 0 Å². The van der Waals surface area contributed by atoms with Gasteiger partial charge in [-0.05, 0) is 30.7 Å². The van der Waals surface area contributed by atoms with Gasteiger partial charge in [-0.15, -0.1) is 5.10 Å². The number of aromatic nitrogens is 2. The topological polar surface area (TPSA) is 73.1 Å². The molecular formula is C14H24N4O. The number of nitrogens with two attached hydrogens (primary N) is 1. The van der Waals surface area contributed by atoms with Crippen LogP contribution in [0.3, 0.4) is 0 Å². The van der Waals surface area contributed by atoms with E-state index in [9.17, 15) is 0 Å². The summed E-state index contributed by atoms with van der Waals surface area (Å²) in [7, 11) is 1.59. The monoisotopic (exact) mass is 264 g/mol. The van der Waals surface area contributed by atoms with Crippen molar-refractivity contribution >= 4 is 0 Å². The second-order valence-corrected chi connectivity index (χ2v) is 5.33. The van der Waals surface area contributed by atoms with Crippen molar-refractivity contribution in [3.63, 3.8) is 0 Å². The third-order valence-electron chi connectivity index (χ3n) is 4.31. The smallest absolute Gasteiger partial charge is 0.233 e. The maximum atomic E-state index is 5.72. The van der Waals surface area contributed by atoms with Crippen LogP contribution in [0.15, 0.2) is 12.1 Å². The van der Waals surface area contributed by atoms with Crippen LogP contribution in [0.4, 0.5) is 0 Å². The summed E-state index contributed by atoms with van der Waals surface area (Å²) in [6.45, 7) is 2.28. The molecule has 1 heterocycles. The summed E-state index contributed by atoms with van der Waals surface area (Å²) in [5, 5.41) is 8.24. The van der Waals surface area contributed by atoms with E-state index < -0.39 is 0 Å². The van der Waals surface area contributed by atoms with Gasteiger partial charge in [0.2, 0.25) is 5.88 Å². The van der Waals surface area contributed by atoms with Gasteiger partial charge in [-0.1, -0.05) is 26.2 Å². The molecule has 0 amide bonds. The molecule has 106 valence electrons. The van der Waals surface area contributed by atoms with Gasteiger partial charge in [0.05, 0.1) is 18.8 Å². The number of hydrogen-bond donors (Lipinski definition) is 2. The van der Waals surface area contributed by atoms with Gasteiger partial charge in [0.15, 0.2) is 0 Å². The van der Waals surface area contributed by atoms with E-state index in [0.717, 1.165) is 11.6 Å². The third kappa shape index (κ3) is 3.42. The minimum atomic E-state index is 0.0937. The zero-order chi connectivity index (χ0) is 13.7. The lowest BCUT2D eigenvalue weighted by molar-refractivity contribution is 0.216. The predicted molar refractivity (Wildman–Crippen MR) is 74.4 cm³/mol. The summed E-state index contributed by atoms with van der Waals surface area (Å²) in [6, 6.07) is 3.88. The third-order valence-corrected chi connectivity index (χ3v) is 4.31. The number of hydrogen-bond acceptors (Lipinski definition) is 5. The highest BCUT2D eigenvalue weighted by atomic mass is 16.5. The summed E-state index contributed by atoms with van der Waals surface area (Å²) < 4.78 is 5.03. The van der Waals surface area contributed by atoms with Crippen molar-refractivity contribution in [2.45, 2.75) is 45.1 Å². The molecule has 1 aromatic heterocycles. The lowest BCUT2D eigenvalue weighted by Gasteiger charge is -2.32. The van der Waals surface area contributed by atoms with E-state index in [1.807, 2.05) is 12.1 Å². The van der Waals surface area contributed by atoms with Crippen molar-refractivity contribution in [2.75, 3.05) is 7.11 Å². The Morgan fingerprint density at radius 1 is 1.32 bits per heavy atom. The van der Waals surface area contributed by atoms with E-state index in [0.29, 0.717) is 11.8 Å². The van der Waals surface area contributed by atoms with Gasteiger partial charge in [-0.3, -0.25) is 11.3 Å². The van der Waals surface area contributed by atoms with Crippen LogP contribution in [0.1, 0.15) is 50.8 Å². The molecule has 1 saturated carbocycles. The number of hydrazine groups is 1. The quantitative estimate of drug-likeness (QED) is 0.630. The van der Waals surface area contributed by atoms with Crippen LogP contribution in [0.5, 0.6) is 5.88 Å². The highest BCUT2D eigenvalue weighted by Gasteiger charge is 2.28. The zero-order valence-electron chi connectivity index (χ0n) is 11.8. The van der Waals surface area contributed by atoms with Crippen LogP contribution in [-0.2, 0) is 0 Å². The maximum absolute atomic E-state index is 5.72. The molecule has 1 aliphatic rings. The van der Waals surface area contributed by atoms with Crippen molar-refractivity contribution in [3.8, 4) is 5.88 Å². The standard InChI is InChI=1S/C14H24N4O/c1-3-10-4-6-11(7-5-10)14(16-15)12-8-9-13(19-2)18-17-12/h8-11,14,16H,3-7,15H2,1-2H3. The fraction of sp³-hybridized carbons (Fsp3) is 0.714. The predicted octanol–water partition coefficient (Wildman–Crippen LogP) is 2.21. The summed E-state index contributed by atoms with van der Waals surface area (Å²) in [5.41, 5.74) is 3.82. The summed E-state index contributed by atoms with van der Waals surface area (Å²) in [6.07, 6.45) is 6.30. The molecule has 1 aromatic rings. The molecule has 5 nitrogen and oxygen atoms in total. The first kappa shape index (κ1) is 14.2. The van der Waals surface area contributed by atoms with Crippen molar-refractivity contribution in [2.24, 2.45) is 17.7 Å². The first-order valence-electron chi connectivity index (χ1n) is 7.12. The Balaban J connectivity index is 2.03. The van der Waals surface area contributed by atoms with Gasteiger partial charge in [0.1, 0.15) is 0 Å². The molecule has 0 saturated heterocycles. The number of nitrogens with zero attached hydrogens (tertiary/aromatic N) is 2. The largest absolute Gasteiger partial charge is 0.480 e. The molecule has 0 aliphatic heterocycles. The molecule has 5 heteroatoms. The van der Waals surface area contributed by atoms with Gasteiger partial charge < -0.3 is 4.74 Å². The molecule has 1 fully saturated rings. The maximum Gasteiger partial charge on any atom is 0.233 e. The molecule has 3 N–H and O–H groups in total. The zero-order valence-corrected chi connectivity index (χ0v) is 11.8. The highest BCUT2D eigenvalue weighted by Crippen LogP contribution is 2.37. The average Bonchev–Trinajstić information content (AvgIpc) is 2.49. The second-order valence-electron chi connectivity index (χ2n) is 5.33. The van der Waals surface area contributed by atoms with Gasteiger partial charge in [0, 0.05) is 6.07 Å². The van der Waals surface area contributed by atoms with Crippen LogP contribution in [-0.4, -0.2) is 17.3 Å². The van der Waals surface area contributed by atoms with E-state index in [1.165, 1.54) is 32.1 Å². The summed E-state index contributed by atoms with van der Waals surface area (Å²) in [4.78, 5) is 0. The lowest BCUT2D eigenvalue weighted by Crippen LogP contribution is -2.36. The molecule has 0 radical (unpaired) electrons. The molecule has 1 atom stereocenters. The molecule has 0 spiro atoms. The minimum absolute atomic E-state index is 0.0937. The van der Waals surface area contributed by atoms with Crippen molar-refractivity contribution in [3.05, 3.63) is 17.8 Å². The van der Waals surface area contributed by atoms with Crippen molar-refractivity contribution in [1.29, 1.82) is 0 Å². The van der Waals surface area contributed by atoms with E-state index >= 15 is 0 Å². The number of rotatable bonds is 5. The summed E-state index contributed by atoms with van der Waals surface area (Å²) >= 11 is 0.